The number of H-pyrrole nitrogens is 1. The number of nitriles is 1. The number of pyridine rings is 1. The second-order valence-corrected chi connectivity index (χ2v) is 6.59. The maximum absolute atomic E-state index is 13.1. The van der Waals surface area contributed by atoms with Gasteiger partial charge in [-0.05, 0) is 18.2 Å². The summed E-state index contributed by atoms with van der Waals surface area (Å²) < 4.78 is 22.2. The standard InChI is InChI=1S/C22H19N3O5/c1-27-15-9-8-12(19(28-2)20(15)29-3)16-13(10-23)21(24)30-18-11-6-4-5-7-14(11)25-22(26)17(16)18/h4-9,16H,24H2,1-3H3,(H,25,26). The van der Waals surface area contributed by atoms with Crippen LogP contribution in [-0.4, -0.2) is 26.3 Å². The Balaban J connectivity index is 2.10. The Morgan fingerprint density at radius 3 is 2.47 bits per heavy atom. The molecule has 3 aromatic rings. The van der Waals surface area contributed by atoms with Crippen molar-refractivity contribution >= 4 is 10.9 Å². The van der Waals surface area contributed by atoms with E-state index < -0.39 is 5.92 Å². The molecule has 0 spiro atoms. The fraction of sp³-hybridized carbons (Fsp3) is 0.182. The Morgan fingerprint density at radius 2 is 1.80 bits per heavy atom. The smallest absolute Gasteiger partial charge is 0.256 e. The highest BCUT2D eigenvalue weighted by Gasteiger charge is 2.37. The number of benzene rings is 2. The molecule has 8 nitrogen and oxygen atoms in total. The molecule has 30 heavy (non-hydrogen) atoms. The number of nitrogens with zero attached hydrogens (tertiary/aromatic N) is 1. The molecule has 0 saturated heterocycles. The minimum atomic E-state index is -0.818. The fourth-order valence-corrected chi connectivity index (χ4v) is 3.83. The summed E-state index contributed by atoms with van der Waals surface area (Å²) in [6.45, 7) is 0. The minimum Gasteiger partial charge on any atom is -0.493 e. The van der Waals surface area contributed by atoms with Crippen LogP contribution in [0.25, 0.3) is 10.9 Å². The van der Waals surface area contributed by atoms with E-state index in [4.69, 9.17) is 24.7 Å². The van der Waals surface area contributed by atoms with Gasteiger partial charge in [0.2, 0.25) is 11.6 Å². The van der Waals surface area contributed by atoms with Crippen LogP contribution in [-0.2, 0) is 0 Å². The molecule has 4 rings (SSSR count). The summed E-state index contributed by atoms with van der Waals surface area (Å²) in [7, 11) is 4.47. The lowest BCUT2D eigenvalue weighted by Crippen LogP contribution is -2.28. The van der Waals surface area contributed by atoms with E-state index in [1.807, 2.05) is 18.2 Å². The van der Waals surface area contributed by atoms with Crippen molar-refractivity contribution in [1.29, 1.82) is 5.26 Å². The predicted molar refractivity (Wildman–Crippen MR) is 110 cm³/mol. The first kappa shape index (κ1) is 19.2. The number of nitrogens with one attached hydrogen (secondary N) is 1. The summed E-state index contributed by atoms with van der Waals surface area (Å²) in [4.78, 5) is 16.0. The number of ether oxygens (including phenoxy) is 4. The summed E-state index contributed by atoms with van der Waals surface area (Å²) in [5.74, 6) is 0.562. The van der Waals surface area contributed by atoms with Crippen molar-refractivity contribution in [2.45, 2.75) is 5.92 Å². The SMILES string of the molecule is COc1ccc(C2C(C#N)=C(N)Oc3c2c(=O)[nH]c2ccccc32)c(OC)c1OC. The van der Waals surface area contributed by atoms with Crippen molar-refractivity contribution in [1.82, 2.24) is 4.98 Å². The van der Waals surface area contributed by atoms with Crippen LogP contribution in [0, 0.1) is 11.3 Å². The summed E-state index contributed by atoms with van der Waals surface area (Å²) >= 11 is 0. The molecule has 0 saturated carbocycles. The lowest BCUT2D eigenvalue weighted by atomic mass is 9.82. The van der Waals surface area contributed by atoms with Crippen LogP contribution in [0.1, 0.15) is 17.0 Å². The van der Waals surface area contributed by atoms with Crippen LogP contribution < -0.4 is 30.2 Å². The van der Waals surface area contributed by atoms with Gasteiger partial charge in [0.25, 0.3) is 5.56 Å². The third kappa shape index (κ3) is 2.71. The van der Waals surface area contributed by atoms with Crippen LogP contribution in [0.3, 0.4) is 0 Å². The second-order valence-electron chi connectivity index (χ2n) is 6.59. The van der Waals surface area contributed by atoms with E-state index in [9.17, 15) is 10.1 Å². The van der Waals surface area contributed by atoms with Gasteiger partial charge in [0.05, 0.1) is 38.3 Å². The van der Waals surface area contributed by atoms with E-state index >= 15 is 0 Å². The molecule has 2 aromatic carbocycles. The third-order valence-electron chi connectivity index (χ3n) is 5.13. The van der Waals surface area contributed by atoms with Gasteiger partial charge in [-0.2, -0.15) is 5.26 Å². The van der Waals surface area contributed by atoms with E-state index in [2.05, 4.69) is 11.1 Å². The average molecular weight is 405 g/mol. The second kappa shape index (κ2) is 7.37. The quantitative estimate of drug-likeness (QED) is 0.685. The molecular formula is C22H19N3O5. The van der Waals surface area contributed by atoms with Crippen molar-refractivity contribution < 1.29 is 18.9 Å². The average Bonchev–Trinajstić information content (AvgIpc) is 2.77. The fourth-order valence-electron chi connectivity index (χ4n) is 3.83. The van der Waals surface area contributed by atoms with Gasteiger partial charge in [0, 0.05) is 10.9 Å². The topological polar surface area (TPSA) is 120 Å². The maximum Gasteiger partial charge on any atom is 0.256 e. The predicted octanol–water partition coefficient (Wildman–Crippen LogP) is 2.77. The normalized spacial score (nSPS) is 15.2. The lowest BCUT2D eigenvalue weighted by molar-refractivity contribution is 0.321. The van der Waals surface area contributed by atoms with Crippen LogP contribution in [0.2, 0.25) is 0 Å². The Hall–Kier alpha value is -4.12. The molecule has 2 heterocycles. The molecule has 1 aliphatic rings. The van der Waals surface area contributed by atoms with Crippen molar-refractivity contribution in [3.63, 3.8) is 0 Å². The number of aromatic amines is 1. The molecule has 0 aliphatic carbocycles. The number of allylic oxidation sites excluding steroid dienone is 1. The summed E-state index contributed by atoms with van der Waals surface area (Å²) in [6, 6.07) is 12.7. The molecule has 1 atom stereocenters. The molecule has 0 bridgehead atoms. The van der Waals surface area contributed by atoms with Gasteiger partial charge in [-0.1, -0.05) is 18.2 Å². The first-order valence-electron chi connectivity index (χ1n) is 9.07. The number of hydrogen-bond acceptors (Lipinski definition) is 7. The number of aromatic nitrogens is 1. The zero-order chi connectivity index (χ0) is 21.4. The van der Waals surface area contributed by atoms with Gasteiger partial charge in [-0.3, -0.25) is 4.79 Å². The molecule has 3 N–H and O–H groups in total. The molecule has 152 valence electrons. The molecule has 8 heteroatoms. The van der Waals surface area contributed by atoms with Gasteiger partial charge >= 0.3 is 0 Å². The number of hydrogen-bond donors (Lipinski definition) is 2. The molecule has 0 radical (unpaired) electrons. The number of fused-ring (bicyclic) bond motifs is 3. The van der Waals surface area contributed by atoms with Crippen LogP contribution in [0.15, 0.2) is 52.6 Å². The summed E-state index contributed by atoms with van der Waals surface area (Å²) in [5.41, 5.74) is 7.24. The largest absolute Gasteiger partial charge is 0.493 e. The number of rotatable bonds is 4. The first-order chi connectivity index (χ1) is 14.5. The van der Waals surface area contributed by atoms with Crippen LogP contribution in [0.5, 0.6) is 23.0 Å². The zero-order valence-electron chi connectivity index (χ0n) is 16.6. The van der Waals surface area contributed by atoms with Crippen molar-refractivity contribution in [3.8, 4) is 29.1 Å². The van der Waals surface area contributed by atoms with Gasteiger partial charge < -0.3 is 29.7 Å². The van der Waals surface area contributed by atoms with Crippen molar-refractivity contribution in [3.05, 3.63) is 69.3 Å². The molecule has 0 amide bonds. The number of methoxy groups -OCH3 is 3. The Bertz CT molecular complexity index is 1290. The van der Waals surface area contributed by atoms with Gasteiger partial charge in [0.15, 0.2) is 11.5 Å². The van der Waals surface area contributed by atoms with E-state index in [-0.39, 0.29) is 22.6 Å². The first-order valence-corrected chi connectivity index (χ1v) is 9.07. The minimum absolute atomic E-state index is 0.0670. The summed E-state index contributed by atoms with van der Waals surface area (Å²) in [5, 5.41) is 10.5. The van der Waals surface area contributed by atoms with Crippen LogP contribution in [0.4, 0.5) is 0 Å². The number of nitrogens with two attached hydrogens (primary N) is 1. The van der Waals surface area contributed by atoms with Crippen molar-refractivity contribution in [2.75, 3.05) is 21.3 Å². The van der Waals surface area contributed by atoms with E-state index in [1.165, 1.54) is 21.3 Å². The Morgan fingerprint density at radius 1 is 1.07 bits per heavy atom. The summed E-state index contributed by atoms with van der Waals surface area (Å²) in [6.07, 6.45) is 0. The molecular weight excluding hydrogens is 386 g/mol. The molecule has 1 aliphatic heterocycles. The van der Waals surface area contributed by atoms with Gasteiger partial charge in [-0.25, -0.2) is 0 Å². The highest BCUT2D eigenvalue weighted by Crippen LogP contribution is 2.49. The molecule has 1 unspecified atom stereocenters. The highest BCUT2D eigenvalue weighted by atomic mass is 16.5. The van der Waals surface area contributed by atoms with E-state index in [1.54, 1.807) is 18.2 Å². The van der Waals surface area contributed by atoms with Gasteiger partial charge in [-0.15, -0.1) is 0 Å². The zero-order valence-corrected chi connectivity index (χ0v) is 16.6. The van der Waals surface area contributed by atoms with Crippen LogP contribution >= 0.6 is 0 Å². The monoisotopic (exact) mass is 405 g/mol. The molecule has 1 aromatic heterocycles. The van der Waals surface area contributed by atoms with Crippen molar-refractivity contribution in [2.24, 2.45) is 5.73 Å². The Kier molecular flexibility index (Phi) is 4.72. The lowest BCUT2D eigenvalue weighted by Gasteiger charge is -2.28. The third-order valence-corrected chi connectivity index (χ3v) is 5.13. The van der Waals surface area contributed by atoms with E-state index in [0.29, 0.717) is 39.5 Å². The molecule has 0 fully saturated rings. The Labute approximate surface area is 172 Å². The van der Waals surface area contributed by atoms with Gasteiger partial charge in [0.1, 0.15) is 17.4 Å². The highest BCUT2D eigenvalue weighted by molar-refractivity contribution is 5.87. The number of para-hydroxylation sites is 1. The van der Waals surface area contributed by atoms with E-state index in [0.717, 1.165) is 0 Å². The maximum atomic E-state index is 13.1.